The lowest BCUT2D eigenvalue weighted by Crippen LogP contribution is -2.59. The minimum atomic E-state index is -0.521. The zero-order valence-electron chi connectivity index (χ0n) is 6.40. The Balaban J connectivity index is 2.36. The van der Waals surface area contributed by atoms with Crippen LogP contribution in [0.4, 0.5) is 0 Å². The number of hydrogen-bond acceptors (Lipinski definition) is 2. The Morgan fingerprint density at radius 1 is 1.22 bits per heavy atom. The molecule has 9 heavy (non-hydrogen) atoms. The number of rotatable bonds is 2. The normalized spacial score (nSPS) is 29.2. The largest absolute Gasteiger partial charge is 0.253 e. The van der Waals surface area contributed by atoms with Crippen LogP contribution < -0.4 is 9.44 Å². The van der Waals surface area contributed by atoms with Gasteiger partial charge in [-0.1, -0.05) is 13.8 Å². The molecule has 0 aromatic rings. The third-order valence-electron chi connectivity index (χ3n) is 1.79. The Kier molecular flexibility index (Phi) is 2.03. The van der Waals surface area contributed by atoms with Crippen molar-refractivity contribution in [3.63, 3.8) is 0 Å². The van der Waals surface area contributed by atoms with E-state index >= 15 is 0 Å². The van der Waals surface area contributed by atoms with Gasteiger partial charge in [0.25, 0.3) is 0 Å². The molecule has 0 aliphatic carbocycles. The molecule has 0 unspecified atom stereocenters. The van der Waals surface area contributed by atoms with Gasteiger partial charge in [0.1, 0.15) is 0 Å². The minimum absolute atomic E-state index is 0.521. The van der Waals surface area contributed by atoms with Crippen LogP contribution >= 0.6 is 10.4 Å². The maximum Gasteiger partial charge on any atom is 0.0723 e. The van der Waals surface area contributed by atoms with Gasteiger partial charge in [-0.3, -0.25) is 9.44 Å². The zero-order chi connectivity index (χ0) is 6.91. The second-order valence-corrected chi connectivity index (χ2v) is 5.81. The van der Waals surface area contributed by atoms with E-state index in [0.29, 0.717) is 6.17 Å². The van der Waals surface area contributed by atoms with Crippen LogP contribution in [0.2, 0.25) is 0 Å². The van der Waals surface area contributed by atoms with Gasteiger partial charge in [-0.05, 0) is 18.4 Å². The first-order chi connectivity index (χ1) is 4.22. The smallest absolute Gasteiger partial charge is 0.0723 e. The minimum Gasteiger partial charge on any atom is -0.253 e. The molecule has 0 atom stereocenters. The van der Waals surface area contributed by atoms with Gasteiger partial charge in [0.05, 0.1) is 6.17 Å². The third kappa shape index (κ3) is 1.23. The van der Waals surface area contributed by atoms with Gasteiger partial charge in [-0.25, -0.2) is 0 Å². The Labute approximate surface area is 59.0 Å². The zero-order valence-corrected chi connectivity index (χ0v) is 7.22. The van der Waals surface area contributed by atoms with Crippen LogP contribution in [0.5, 0.6) is 0 Å². The molecule has 0 amide bonds. The van der Waals surface area contributed by atoms with Crippen molar-refractivity contribution in [2.45, 2.75) is 26.9 Å². The molecule has 0 saturated carbocycles. The Morgan fingerprint density at radius 3 is 1.78 bits per heavy atom. The molecule has 1 rings (SSSR count). The van der Waals surface area contributed by atoms with Crippen molar-refractivity contribution in [2.75, 3.05) is 11.5 Å². The molecule has 56 valence electrons. The van der Waals surface area contributed by atoms with Crippen LogP contribution in [0.25, 0.3) is 0 Å². The van der Waals surface area contributed by atoms with E-state index < -0.39 is 10.4 Å². The van der Waals surface area contributed by atoms with E-state index in [1.54, 1.807) is 0 Å². The fourth-order valence-corrected chi connectivity index (χ4v) is 3.64. The molecule has 0 spiro atoms. The summed E-state index contributed by atoms with van der Waals surface area (Å²) in [6, 6.07) is 0. The lowest BCUT2D eigenvalue weighted by Gasteiger charge is -2.53. The predicted octanol–water partition coefficient (Wildman–Crippen LogP) is 1.20. The molecule has 1 aliphatic rings. The van der Waals surface area contributed by atoms with Crippen molar-refractivity contribution in [3.8, 4) is 0 Å². The van der Waals surface area contributed by atoms with Gasteiger partial charge >= 0.3 is 0 Å². The van der Waals surface area contributed by atoms with Crippen LogP contribution in [-0.2, 0) is 0 Å². The first-order valence-corrected chi connectivity index (χ1v) is 5.53. The van der Waals surface area contributed by atoms with Crippen molar-refractivity contribution in [3.05, 3.63) is 0 Å². The highest BCUT2D eigenvalue weighted by Crippen LogP contribution is 2.45. The Morgan fingerprint density at radius 2 is 1.67 bits per heavy atom. The summed E-state index contributed by atoms with van der Waals surface area (Å²) in [6.45, 7) is 6.64. The second kappa shape index (κ2) is 2.48. The lowest BCUT2D eigenvalue weighted by atomic mass is 10.7. The topological polar surface area (TPSA) is 24.1 Å². The highest BCUT2D eigenvalue weighted by atomic mass is 32.3. The van der Waals surface area contributed by atoms with E-state index in [-0.39, 0.29) is 0 Å². The van der Waals surface area contributed by atoms with Crippen molar-refractivity contribution < 1.29 is 0 Å². The number of hydrogen-bond donors (Lipinski definition) is 2. The highest BCUT2D eigenvalue weighted by Gasteiger charge is 2.31. The molecule has 0 bridgehead atoms. The number of nitrogens with one attached hydrogen (secondary N) is 2. The van der Waals surface area contributed by atoms with Crippen molar-refractivity contribution in [2.24, 2.45) is 0 Å². The monoisotopic (exact) mass is 148 g/mol. The molecule has 1 aliphatic heterocycles. The SMILES string of the molecule is CCS1(CC)NC(C)N1. The molecular weight excluding hydrogens is 132 g/mol. The van der Waals surface area contributed by atoms with E-state index in [9.17, 15) is 0 Å². The summed E-state index contributed by atoms with van der Waals surface area (Å²) in [7, 11) is -0.521. The summed E-state index contributed by atoms with van der Waals surface area (Å²) in [5.74, 6) is 2.52. The third-order valence-corrected chi connectivity index (χ3v) is 5.37. The first-order valence-electron chi connectivity index (χ1n) is 3.55. The van der Waals surface area contributed by atoms with Gasteiger partial charge in [0.2, 0.25) is 0 Å². The Bertz CT molecular complexity index is 93.2. The Hall–Kier alpha value is 0.270. The molecule has 0 aromatic heterocycles. The van der Waals surface area contributed by atoms with Crippen LogP contribution in [0.1, 0.15) is 20.8 Å². The highest BCUT2D eigenvalue weighted by molar-refractivity contribution is 8.31. The van der Waals surface area contributed by atoms with Crippen LogP contribution in [0.15, 0.2) is 0 Å². The van der Waals surface area contributed by atoms with E-state index in [0.717, 1.165) is 0 Å². The molecule has 1 fully saturated rings. The van der Waals surface area contributed by atoms with Gasteiger partial charge in [0.15, 0.2) is 0 Å². The standard InChI is InChI=1S/C6H16N2S/c1-4-9(5-2)7-6(3)8-9/h6-8H,4-5H2,1-3H3. The second-order valence-electron chi connectivity index (χ2n) is 2.42. The fourth-order valence-electron chi connectivity index (χ4n) is 1.21. The maximum absolute atomic E-state index is 3.53. The lowest BCUT2D eigenvalue weighted by molar-refractivity contribution is 0.592. The maximum atomic E-state index is 3.53. The van der Waals surface area contributed by atoms with Crippen LogP contribution in [0.3, 0.4) is 0 Å². The molecule has 0 aromatic carbocycles. The summed E-state index contributed by atoms with van der Waals surface area (Å²) in [5.41, 5.74) is 0. The summed E-state index contributed by atoms with van der Waals surface area (Å²) < 4.78 is 7.06. The summed E-state index contributed by atoms with van der Waals surface area (Å²) in [6.07, 6.45) is 0.555. The predicted molar refractivity (Wildman–Crippen MR) is 44.4 cm³/mol. The molecule has 0 radical (unpaired) electrons. The fraction of sp³-hybridized carbons (Fsp3) is 1.00. The van der Waals surface area contributed by atoms with E-state index in [1.165, 1.54) is 11.5 Å². The molecule has 3 heteroatoms. The summed E-state index contributed by atoms with van der Waals surface area (Å²) in [4.78, 5) is 0. The van der Waals surface area contributed by atoms with Gasteiger partial charge in [-0.2, -0.15) is 0 Å². The van der Waals surface area contributed by atoms with Crippen LogP contribution in [-0.4, -0.2) is 17.7 Å². The average molecular weight is 148 g/mol. The van der Waals surface area contributed by atoms with Gasteiger partial charge in [-0.15, -0.1) is 10.4 Å². The molecule has 2 nitrogen and oxygen atoms in total. The molecular formula is C6H16N2S. The summed E-state index contributed by atoms with van der Waals surface area (Å²) in [5, 5.41) is 0. The molecule has 2 N–H and O–H groups in total. The van der Waals surface area contributed by atoms with Crippen molar-refractivity contribution >= 4 is 10.4 Å². The average Bonchev–Trinajstić information content (AvgIpc) is 1.81. The van der Waals surface area contributed by atoms with E-state index in [2.05, 4.69) is 30.2 Å². The molecule has 1 saturated heterocycles. The van der Waals surface area contributed by atoms with Crippen molar-refractivity contribution in [1.82, 2.24) is 9.44 Å². The van der Waals surface area contributed by atoms with E-state index in [4.69, 9.17) is 0 Å². The van der Waals surface area contributed by atoms with E-state index in [1.807, 2.05) is 0 Å². The van der Waals surface area contributed by atoms with Gasteiger partial charge in [0, 0.05) is 0 Å². The van der Waals surface area contributed by atoms with Crippen molar-refractivity contribution in [1.29, 1.82) is 0 Å². The quantitative estimate of drug-likeness (QED) is 0.615. The van der Waals surface area contributed by atoms with Gasteiger partial charge < -0.3 is 0 Å². The first kappa shape index (κ1) is 7.38. The van der Waals surface area contributed by atoms with Crippen LogP contribution in [0, 0.1) is 0 Å². The summed E-state index contributed by atoms with van der Waals surface area (Å²) >= 11 is 0. The molecule has 1 heterocycles.